The third kappa shape index (κ3) is 6.76. The number of carbonyl (C=O) groups is 2. The van der Waals surface area contributed by atoms with Crippen LogP contribution in [0.15, 0.2) is 53.4 Å². The molecule has 0 atom stereocenters. The molecule has 2 aromatic rings. The van der Waals surface area contributed by atoms with E-state index < -0.39 is 12.6 Å². The fourth-order valence-corrected chi connectivity index (χ4v) is 2.79. The average molecular weight is 361 g/mol. The number of anilines is 1. The van der Waals surface area contributed by atoms with Crippen LogP contribution >= 0.6 is 11.8 Å². The summed E-state index contributed by atoms with van der Waals surface area (Å²) in [6, 6.07) is 14.3. The minimum Gasteiger partial charge on any atom is -0.497 e. The number of methoxy groups -OCH3 is 1. The molecule has 0 bridgehead atoms. The minimum atomic E-state index is -1.04. The number of hydrogen-bond acceptors (Lipinski definition) is 5. The quantitative estimate of drug-likeness (QED) is 0.667. The molecule has 0 spiro atoms. The second kappa shape index (κ2) is 9.58. The van der Waals surface area contributed by atoms with Crippen molar-refractivity contribution in [3.63, 3.8) is 0 Å². The zero-order chi connectivity index (χ0) is 18.1. The molecule has 132 valence electrons. The fraction of sp³-hybridized carbons (Fsp3) is 0.222. The molecule has 0 aromatic heterocycles. The van der Waals surface area contributed by atoms with Gasteiger partial charge in [-0.15, -0.1) is 11.8 Å². The highest BCUT2D eigenvalue weighted by Gasteiger charge is 2.04. The average Bonchev–Trinajstić information content (AvgIpc) is 2.61. The zero-order valence-electron chi connectivity index (χ0n) is 13.7. The second-order valence-electron chi connectivity index (χ2n) is 5.03. The van der Waals surface area contributed by atoms with Crippen LogP contribution in [0.1, 0.15) is 6.42 Å². The maximum absolute atomic E-state index is 11.9. The number of carboxylic acids is 1. The first-order valence-electron chi connectivity index (χ1n) is 7.58. The van der Waals surface area contributed by atoms with Crippen LogP contribution in [-0.2, 0) is 9.59 Å². The van der Waals surface area contributed by atoms with Gasteiger partial charge in [0.05, 0.1) is 7.11 Å². The number of ether oxygens (including phenoxy) is 2. The van der Waals surface area contributed by atoms with E-state index in [1.54, 1.807) is 43.1 Å². The number of hydrogen-bond donors (Lipinski definition) is 2. The van der Waals surface area contributed by atoms with Gasteiger partial charge >= 0.3 is 5.97 Å². The van der Waals surface area contributed by atoms with E-state index in [2.05, 4.69) is 5.32 Å². The van der Waals surface area contributed by atoms with Crippen LogP contribution in [0.5, 0.6) is 11.5 Å². The van der Waals surface area contributed by atoms with Gasteiger partial charge in [-0.05, 0) is 48.5 Å². The molecule has 1 amide bonds. The summed E-state index contributed by atoms with van der Waals surface area (Å²) in [5, 5.41) is 11.3. The third-order valence-corrected chi connectivity index (χ3v) is 4.17. The Kier molecular flexibility index (Phi) is 7.16. The third-order valence-electron chi connectivity index (χ3n) is 3.16. The van der Waals surface area contributed by atoms with Crippen molar-refractivity contribution in [2.75, 3.05) is 24.8 Å². The van der Waals surface area contributed by atoms with Crippen molar-refractivity contribution >= 4 is 29.3 Å². The highest BCUT2D eigenvalue weighted by atomic mass is 32.2. The Hall–Kier alpha value is -2.67. The smallest absolute Gasteiger partial charge is 0.341 e. The number of carbonyl (C=O) groups excluding carboxylic acids is 1. The maximum Gasteiger partial charge on any atom is 0.341 e. The lowest BCUT2D eigenvalue weighted by molar-refractivity contribution is -0.139. The fourth-order valence-electron chi connectivity index (χ4n) is 1.94. The molecule has 0 saturated carbocycles. The van der Waals surface area contributed by atoms with Gasteiger partial charge in [-0.1, -0.05) is 0 Å². The Morgan fingerprint density at radius 2 is 1.68 bits per heavy atom. The van der Waals surface area contributed by atoms with Gasteiger partial charge in [0.1, 0.15) is 11.5 Å². The predicted molar refractivity (Wildman–Crippen MR) is 96.5 cm³/mol. The predicted octanol–water partition coefficient (Wildman–Crippen LogP) is 3.28. The first-order valence-corrected chi connectivity index (χ1v) is 8.57. The normalized spacial score (nSPS) is 10.1. The van der Waals surface area contributed by atoms with E-state index in [1.165, 1.54) is 0 Å². The number of carboxylic acid groups (broad SMARTS) is 1. The summed E-state index contributed by atoms with van der Waals surface area (Å²) in [6.07, 6.45) is 0.383. The minimum absolute atomic E-state index is 0.0831. The van der Waals surface area contributed by atoms with Gasteiger partial charge in [-0.25, -0.2) is 4.79 Å². The molecule has 0 aliphatic rings. The van der Waals surface area contributed by atoms with Crippen molar-refractivity contribution in [1.82, 2.24) is 0 Å². The lowest BCUT2D eigenvalue weighted by Gasteiger charge is -2.07. The summed E-state index contributed by atoms with van der Waals surface area (Å²) in [4.78, 5) is 23.5. The lowest BCUT2D eigenvalue weighted by Crippen LogP contribution is -2.12. The van der Waals surface area contributed by atoms with Gasteiger partial charge in [0.2, 0.25) is 5.91 Å². The molecular weight excluding hydrogens is 342 g/mol. The summed E-state index contributed by atoms with van der Waals surface area (Å²) >= 11 is 1.60. The van der Waals surface area contributed by atoms with Gasteiger partial charge < -0.3 is 19.9 Å². The molecule has 2 N–H and O–H groups in total. The number of nitrogens with one attached hydrogen (secondary N) is 1. The first-order chi connectivity index (χ1) is 12.1. The molecule has 25 heavy (non-hydrogen) atoms. The largest absolute Gasteiger partial charge is 0.497 e. The van der Waals surface area contributed by atoms with E-state index in [4.69, 9.17) is 14.6 Å². The second-order valence-corrected chi connectivity index (χ2v) is 6.20. The van der Waals surface area contributed by atoms with Crippen molar-refractivity contribution in [3.05, 3.63) is 48.5 Å². The van der Waals surface area contributed by atoms with Crippen molar-refractivity contribution in [1.29, 1.82) is 0 Å². The highest BCUT2D eigenvalue weighted by molar-refractivity contribution is 7.99. The van der Waals surface area contributed by atoms with Crippen LogP contribution in [0.25, 0.3) is 0 Å². The van der Waals surface area contributed by atoms with Gasteiger partial charge in [-0.2, -0.15) is 0 Å². The van der Waals surface area contributed by atoms with E-state index in [1.807, 2.05) is 24.3 Å². The zero-order valence-corrected chi connectivity index (χ0v) is 14.5. The molecule has 0 fully saturated rings. The summed E-state index contributed by atoms with van der Waals surface area (Å²) < 4.78 is 10.1. The SMILES string of the molecule is COc1ccc(SCCC(=O)Nc2ccc(OCC(=O)O)cc2)cc1. The molecule has 0 heterocycles. The van der Waals surface area contributed by atoms with Crippen LogP contribution in [-0.4, -0.2) is 36.5 Å². The Bertz CT molecular complexity index is 700. The lowest BCUT2D eigenvalue weighted by atomic mass is 10.3. The molecule has 2 aromatic carbocycles. The van der Waals surface area contributed by atoms with E-state index >= 15 is 0 Å². The standard InChI is InChI=1S/C18H19NO5S/c1-23-14-6-8-16(9-7-14)25-11-10-17(20)19-13-2-4-15(5-3-13)24-12-18(21)22/h2-9H,10-12H2,1H3,(H,19,20)(H,21,22). The molecular formula is C18H19NO5S. The topological polar surface area (TPSA) is 84.9 Å². The Morgan fingerprint density at radius 1 is 1.04 bits per heavy atom. The molecule has 2 rings (SSSR count). The number of benzene rings is 2. The summed E-state index contributed by atoms with van der Waals surface area (Å²) in [7, 11) is 1.62. The number of amides is 1. The Morgan fingerprint density at radius 3 is 2.28 bits per heavy atom. The monoisotopic (exact) mass is 361 g/mol. The van der Waals surface area contributed by atoms with Crippen LogP contribution in [0.2, 0.25) is 0 Å². The van der Waals surface area contributed by atoms with E-state index in [0.29, 0.717) is 23.6 Å². The van der Waals surface area contributed by atoms with E-state index in [-0.39, 0.29) is 5.91 Å². The number of thioether (sulfide) groups is 1. The van der Waals surface area contributed by atoms with Crippen LogP contribution in [0, 0.1) is 0 Å². The van der Waals surface area contributed by atoms with Crippen molar-refractivity contribution in [2.45, 2.75) is 11.3 Å². The molecule has 0 aliphatic carbocycles. The van der Waals surface area contributed by atoms with Gasteiger partial charge in [0, 0.05) is 22.8 Å². The molecule has 0 unspecified atom stereocenters. The van der Waals surface area contributed by atoms with Crippen molar-refractivity contribution in [2.24, 2.45) is 0 Å². The molecule has 7 heteroatoms. The molecule has 0 radical (unpaired) electrons. The highest BCUT2D eigenvalue weighted by Crippen LogP contribution is 2.22. The van der Waals surface area contributed by atoms with E-state index in [9.17, 15) is 9.59 Å². The van der Waals surface area contributed by atoms with Gasteiger partial charge in [0.15, 0.2) is 6.61 Å². The first kappa shape index (κ1) is 18.7. The summed E-state index contributed by atoms with van der Waals surface area (Å²) in [6.45, 7) is -0.395. The summed E-state index contributed by atoms with van der Waals surface area (Å²) in [5.41, 5.74) is 0.641. The Balaban J connectivity index is 1.73. The van der Waals surface area contributed by atoms with Crippen molar-refractivity contribution in [3.8, 4) is 11.5 Å². The molecule has 6 nitrogen and oxygen atoms in total. The molecule has 0 aliphatic heterocycles. The van der Waals surface area contributed by atoms with Crippen molar-refractivity contribution < 1.29 is 24.2 Å². The van der Waals surface area contributed by atoms with Crippen LogP contribution in [0.4, 0.5) is 5.69 Å². The van der Waals surface area contributed by atoms with Crippen LogP contribution in [0.3, 0.4) is 0 Å². The van der Waals surface area contributed by atoms with Crippen LogP contribution < -0.4 is 14.8 Å². The Labute approximate surface area is 150 Å². The number of aliphatic carboxylic acids is 1. The maximum atomic E-state index is 11.9. The summed E-state index contributed by atoms with van der Waals surface area (Å²) in [5.74, 6) is 0.790. The number of rotatable bonds is 9. The van der Waals surface area contributed by atoms with Gasteiger partial charge in [0.25, 0.3) is 0 Å². The molecule has 0 saturated heterocycles. The van der Waals surface area contributed by atoms with E-state index in [0.717, 1.165) is 10.6 Å². The van der Waals surface area contributed by atoms with Gasteiger partial charge in [-0.3, -0.25) is 4.79 Å².